The van der Waals surface area contributed by atoms with E-state index in [2.05, 4.69) is 22.5 Å². The van der Waals surface area contributed by atoms with Crippen LogP contribution in [-0.4, -0.2) is 25.1 Å². The van der Waals surface area contributed by atoms with Crippen LogP contribution in [0.15, 0.2) is 10.2 Å². The van der Waals surface area contributed by atoms with Gasteiger partial charge in [-0.25, -0.2) is 0 Å². The zero-order valence-corrected chi connectivity index (χ0v) is 9.41. The summed E-state index contributed by atoms with van der Waals surface area (Å²) in [4.78, 5) is 13.6. The molecule has 1 heterocycles. The van der Waals surface area contributed by atoms with E-state index in [0.717, 1.165) is 25.3 Å². The van der Waals surface area contributed by atoms with Gasteiger partial charge in [-0.1, -0.05) is 18.3 Å². The Bertz CT molecular complexity index is 307. The summed E-state index contributed by atoms with van der Waals surface area (Å²) in [6, 6.07) is 0. The van der Waals surface area contributed by atoms with Gasteiger partial charge in [-0.3, -0.25) is 4.79 Å². The Labute approximate surface area is 87.7 Å². The summed E-state index contributed by atoms with van der Waals surface area (Å²) in [5.74, 6) is 0.602. The minimum absolute atomic E-state index is 0.0186. The molecule has 0 aliphatic heterocycles. The largest absolute Gasteiger partial charge is 0.319 e. The standard InChI is InChI=1S/C9H17N3OS/c1-7(3-10-2)4-11-5-8-6-14-9(13)12-8/h6-7,10-11H,3-5H2,1-2H3,(H,12,13). The van der Waals surface area contributed by atoms with Gasteiger partial charge in [0.05, 0.1) is 0 Å². The van der Waals surface area contributed by atoms with Crippen molar-refractivity contribution in [1.29, 1.82) is 0 Å². The Balaban J connectivity index is 2.18. The fraction of sp³-hybridized carbons (Fsp3) is 0.667. The van der Waals surface area contributed by atoms with Crippen LogP contribution < -0.4 is 15.5 Å². The minimum Gasteiger partial charge on any atom is -0.319 e. The Morgan fingerprint density at radius 1 is 1.57 bits per heavy atom. The lowest BCUT2D eigenvalue weighted by molar-refractivity contribution is 0.489. The zero-order valence-electron chi connectivity index (χ0n) is 8.59. The highest BCUT2D eigenvalue weighted by Gasteiger charge is 2.00. The minimum atomic E-state index is 0.0186. The molecular formula is C9H17N3OS. The van der Waals surface area contributed by atoms with Gasteiger partial charge in [0.1, 0.15) is 0 Å². The average Bonchev–Trinajstić information content (AvgIpc) is 2.52. The van der Waals surface area contributed by atoms with Crippen molar-refractivity contribution in [1.82, 2.24) is 15.6 Å². The second-order valence-corrected chi connectivity index (χ2v) is 4.31. The fourth-order valence-corrected chi connectivity index (χ4v) is 1.86. The van der Waals surface area contributed by atoms with Crippen LogP contribution in [-0.2, 0) is 6.54 Å². The maximum atomic E-state index is 10.8. The lowest BCUT2D eigenvalue weighted by Gasteiger charge is -2.10. The second-order valence-electron chi connectivity index (χ2n) is 3.47. The van der Waals surface area contributed by atoms with Gasteiger partial charge in [-0.2, -0.15) is 0 Å². The first-order valence-electron chi connectivity index (χ1n) is 4.74. The Morgan fingerprint density at radius 2 is 2.36 bits per heavy atom. The Kier molecular flexibility index (Phi) is 4.86. The molecule has 0 saturated heterocycles. The smallest absolute Gasteiger partial charge is 0.304 e. The van der Waals surface area contributed by atoms with Gasteiger partial charge < -0.3 is 15.6 Å². The molecule has 1 rings (SSSR count). The molecule has 0 aliphatic rings. The first-order chi connectivity index (χ1) is 6.72. The van der Waals surface area contributed by atoms with Gasteiger partial charge in [0.2, 0.25) is 0 Å². The van der Waals surface area contributed by atoms with Crippen LogP contribution in [0.4, 0.5) is 0 Å². The molecule has 0 spiro atoms. The molecule has 5 heteroatoms. The predicted octanol–water partition coefficient (Wildman–Crippen LogP) is 0.381. The third-order valence-electron chi connectivity index (χ3n) is 1.93. The van der Waals surface area contributed by atoms with E-state index in [9.17, 15) is 4.79 Å². The second kappa shape index (κ2) is 5.95. The van der Waals surface area contributed by atoms with Crippen LogP contribution >= 0.6 is 11.3 Å². The van der Waals surface area contributed by atoms with E-state index in [1.54, 1.807) is 0 Å². The topological polar surface area (TPSA) is 56.9 Å². The SMILES string of the molecule is CNCC(C)CNCc1csc(=O)[nH]1. The summed E-state index contributed by atoms with van der Waals surface area (Å²) in [5.41, 5.74) is 0.969. The third-order valence-corrected chi connectivity index (χ3v) is 2.65. The lowest BCUT2D eigenvalue weighted by atomic mass is 10.2. The number of thiazole rings is 1. The van der Waals surface area contributed by atoms with E-state index in [1.807, 2.05) is 12.4 Å². The van der Waals surface area contributed by atoms with Gasteiger partial charge in [0, 0.05) is 17.6 Å². The summed E-state index contributed by atoms with van der Waals surface area (Å²) in [6.07, 6.45) is 0. The van der Waals surface area contributed by atoms with Crippen molar-refractivity contribution in [2.45, 2.75) is 13.5 Å². The molecule has 0 amide bonds. The molecule has 3 N–H and O–H groups in total. The van der Waals surface area contributed by atoms with Crippen molar-refractivity contribution in [2.75, 3.05) is 20.1 Å². The third kappa shape index (κ3) is 4.04. The highest BCUT2D eigenvalue weighted by molar-refractivity contribution is 7.07. The molecule has 0 aromatic carbocycles. The quantitative estimate of drug-likeness (QED) is 0.643. The number of aromatic amines is 1. The van der Waals surface area contributed by atoms with E-state index in [0.29, 0.717) is 5.92 Å². The van der Waals surface area contributed by atoms with Crippen LogP contribution in [0.3, 0.4) is 0 Å². The molecule has 0 bridgehead atoms. The van der Waals surface area contributed by atoms with Crippen molar-refractivity contribution in [3.8, 4) is 0 Å². The Hall–Kier alpha value is -0.650. The maximum absolute atomic E-state index is 10.8. The number of aromatic nitrogens is 1. The maximum Gasteiger partial charge on any atom is 0.304 e. The molecule has 0 radical (unpaired) electrons. The van der Waals surface area contributed by atoms with Crippen LogP contribution in [0.5, 0.6) is 0 Å². The molecule has 1 aromatic rings. The van der Waals surface area contributed by atoms with E-state index >= 15 is 0 Å². The Morgan fingerprint density at radius 3 is 2.93 bits per heavy atom. The van der Waals surface area contributed by atoms with Gasteiger partial charge in [0.25, 0.3) is 0 Å². The van der Waals surface area contributed by atoms with E-state index in [1.165, 1.54) is 11.3 Å². The van der Waals surface area contributed by atoms with E-state index in [-0.39, 0.29) is 4.87 Å². The zero-order chi connectivity index (χ0) is 10.4. The first-order valence-corrected chi connectivity index (χ1v) is 5.62. The normalized spacial score (nSPS) is 13.0. The molecular weight excluding hydrogens is 198 g/mol. The lowest BCUT2D eigenvalue weighted by Crippen LogP contribution is -2.27. The highest BCUT2D eigenvalue weighted by Crippen LogP contribution is 1.95. The molecule has 1 aromatic heterocycles. The molecule has 1 unspecified atom stereocenters. The van der Waals surface area contributed by atoms with Crippen LogP contribution in [0, 0.1) is 5.92 Å². The summed E-state index contributed by atoms with van der Waals surface area (Å²) >= 11 is 1.21. The van der Waals surface area contributed by atoms with Crippen LogP contribution in [0.1, 0.15) is 12.6 Å². The highest BCUT2D eigenvalue weighted by atomic mass is 32.1. The van der Waals surface area contributed by atoms with Crippen LogP contribution in [0.25, 0.3) is 0 Å². The van der Waals surface area contributed by atoms with Crippen molar-refractivity contribution >= 4 is 11.3 Å². The number of H-pyrrole nitrogens is 1. The van der Waals surface area contributed by atoms with Crippen molar-refractivity contribution in [3.63, 3.8) is 0 Å². The monoisotopic (exact) mass is 215 g/mol. The average molecular weight is 215 g/mol. The molecule has 80 valence electrons. The summed E-state index contributed by atoms with van der Waals surface area (Å²) in [5, 5.41) is 8.28. The molecule has 0 saturated carbocycles. The molecule has 4 nitrogen and oxygen atoms in total. The van der Waals surface area contributed by atoms with Gasteiger partial charge in [-0.05, 0) is 26.1 Å². The summed E-state index contributed by atoms with van der Waals surface area (Å²) < 4.78 is 0. The molecule has 14 heavy (non-hydrogen) atoms. The van der Waals surface area contributed by atoms with Crippen molar-refractivity contribution < 1.29 is 0 Å². The number of hydrogen-bond acceptors (Lipinski definition) is 4. The van der Waals surface area contributed by atoms with E-state index in [4.69, 9.17) is 0 Å². The number of nitrogens with one attached hydrogen (secondary N) is 3. The number of hydrogen-bond donors (Lipinski definition) is 3. The number of rotatable bonds is 6. The fourth-order valence-electron chi connectivity index (χ4n) is 1.27. The van der Waals surface area contributed by atoms with Crippen molar-refractivity contribution in [2.24, 2.45) is 5.92 Å². The summed E-state index contributed by atoms with van der Waals surface area (Å²) in [7, 11) is 1.95. The predicted molar refractivity (Wildman–Crippen MR) is 59.7 cm³/mol. The van der Waals surface area contributed by atoms with E-state index < -0.39 is 0 Å². The molecule has 1 atom stereocenters. The van der Waals surface area contributed by atoms with Crippen LogP contribution in [0.2, 0.25) is 0 Å². The van der Waals surface area contributed by atoms with Crippen molar-refractivity contribution in [3.05, 3.63) is 20.7 Å². The van der Waals surface area contributed by atoms with Gasteiger partial charge >= 0.3 is 4.87 Å². The first kappa shape index (κ1) is 11.4. The molecule has 0 fully saturated rings. The summed E-state index contributed by atoms with van der Waals surface area (Å²) in [6.45, 7) is 4.89. The molecule has 0 aliphatic carbocycles. The van der Waals surface area contributed by atoms with Gasteiger partial charge in [0.15, 0.2) is 0 Å². The van der Waals surface area contributed by atoms with Gasteiger partial charge in [-0.15, -0.1) is 0 Å².